The number of fused-ring (bicyclic) bond motifs is 2. The van der Waals surface area contributed by atoms with Crippen LogP contribution in [0.4, 0.5) is 5.69 Å². The van der Waals surface area contributed by atoms with Crippen LogP contribution in [-0.2, 0) is 8.95 Å². The maximum absolute atomic E-state index is 13.8. The lowest BCUT2D eigenvalue weighted by Gasteiger charge is -2.37. The van der Waals surface area contributed by atoms with Gasteiger partial charge in [0.05, 0.1) is 10.4 Å². The molecule has 6 heteroatoms. The van der Waals surface area contributed by atoms with Crippen LogP contribution in [0.25, 0.3) is 0 Å². The number of halogens is 1. The van der Waals surface area contributed by atoms with E-state index in [9.17, 15) is 4.79 Å². The molecule has 1 spiro atoms. The van der Waals surface area contributed by atoms with Gasteiger partial charge < -0.3 is 0 Å². The second-order valence-corrected chi connectivity index (χ2v) is 13.4. The summed E-state index contributed by atoms with van der Waals surface area (Å²) in [7, 11) is 0. The van der Waals surface area contributed by atoms with Gasteiger partial charge in [0.1, 0.15) is 0 Å². The van der Waals surface area contributed by atoms with Crippen molar-refractivity contribution in [1.82, 2.24) is 0 Å². The summed E-state index contributed by atoms with van der Waals surface area (Å²) in [5, 5.41) is 7.61. The molecular formula is C34H23BrN2OS2. The van der Waals surface area contributed by atoms with Crippen molar-refractivity contribution in [2.45, 2.75) is 8.95 Å². The SMILES string of the molecule is O=C(C1=NN(c2ccc(Br)cc2)[C@]2(S1)SC(c1ccccc1)(c1ccccc1)c1ccccc12)c1ccccc1. The van der Waals surface area contributed by atoms with Crippen LogP contribution < -0.4 is 5.01 Å². The molecular weight excluding hydrogens is 596 g/mol. The summed E-state index contributed by atoms with van der Waals surface area (Å²) in [5.41, 5.74) is 6.28. The molecule has 3 nitrogen and oxygen atoms in total. The van der Waals surface area contributed by atoms with Gasteiger partial charge in [-0.3, -0.25) is 4.79 Å². The molecule has 40 heavy (non-hydrogen) atoms. The minimum Gasteiger partial charge on any atom is -0.286 e. The van der Waals surface area contributed by atoms with Crippen LogP contribution in [0, 0.1) is 0 Å². The fraction of sp³-hybridized carbons (Fsp3) is 0.0588. The molecule has 5 aromatic rings. The molecule has 0 saturated carbocycles. The first-order chi connectivity index (χ1) is 19.6. The van der Waals surface area contributed by atoms with E-state index >= 15 is 0 Å². The van der Waals surface area contributed by atoms with E-state index in [0.717, 1.165) is 15.7 Å². The minimum atomic E-state index is -0.712. The maximum atomic E-state index is 13.8. The molecule has 0 amide bonds. The Morgan fingerprint density at radius 1 is 0.650 bits per heavy atom. The van der Waals surface area contributed by atoms with Gasteiger partial charge in [0.2, 0.25) is 5.78 Å². The molecule has 0 radical (unpaired) electrons. The largest absolute Gasteiger partial charge is 0.286 e. The summed E-state index contributed by atoms with van der Waals surface area (Å²) in [6, 6.07) is 47.5. The number of hydrazone groups is 1. The highest BCUT2D eigenvalue weighted by Crippen LogP contribution is 2.70. The van der Waals surface area contributed by atoms with Gasteiger partial charge in [0.25, 0.3) is 0 Å². The lowest BCUT2D eigenvalue weighted by atomic mass is 9.82. The van der Waals surface area contributed by atoms with E-state index in [4.69, 9.17) is 5.10 Å². The maximum Gasteiger partial charge on any atom is 0.219 e. The number of ketones is 1. The Bertz CT molecular complexity index is 1690. The van der Waals surface area contributed by atoms with Crippen molar-refractivity contribution in [1.29, 1.82) is 0 Å². The Morgan fingerprint density at radius 2 is 1.18 bits per heavy atom. The molecule has 1 atom stereocenters. The van der Waals surface area contributed by atoms with Crippen LogP contribution in [0.2, 0.25) is 0 Å². The topological polar surface area (TPSA) is 32.7 Å². The smallest absolute Gasteiger partial charge is 0.219 e. The van der Waals surface area contributed by atoms with Crippen LogP contribution >= 0.6 is 39.5 Å². The van der Waals surface area contributed by atoms with Gasteiger partial charge in [0.15, 0.2) is 9.25 Å². The van der Waals surface area contributed by atoms with E-state index in [2.05, 4.69) is 118 Å². The number of anilines is 1. The normalized spacial score (nSPS) is 18.9. The first kappa shape index (κ1) is 25.4. The first-order valence-corrected chi connectivity index (χ1v) is 15.4. The zero-order valence-corrected chi connectivity index (χ0v) is 24.5. The highest BCUT2D eigenvalue weighted by Gasteiger charge is 2.61. The number of benzene rings is 5. The molecule has 0 saturated heterocycles. The number of Topliss-reactive ketones (excluding diaryl/α,β-unsaturated/α-hetero) is 1. The monoisotopic (exact) mass is 618 g/mol. The number of hydrogen-bond acceptors (Lipinski definition) is 5. The van der Waals surface area contributed by atoms with E-state index in [1.54, 1.807) is 11.8 Å². The fourth-order valence-corrected chi connectivity index (χ4v) is 9.41. The van der Waals surface area contributed by atoms with Crippen LogP contribution in [0.15, 0.2) is 149 Å². The predicted octanol–water partition coefficient (Wildman–Crippen LogP) is 9.05. The summed E-state index contributed by atoms with van der Waals surface area (Å²) in [4.78, 5) is 13.8. The van der Waals surface area contributed by atoms with E-state index in [1.165, 1.54) is 16.7 Å². The summed E-state index contributed by atoms with van der Waals surface area (Å²) in [6.07, 6.45) is 0. The van der Waals surface area contributed by atoms with E-state index in [-0.39, 0.29) is 5.78 Å². The van der Waals surface area contributed by atoms with Crippen molar-refractivity contribution in [3.05, 3.63) is 172 Å². The van der Waals surface area contributed by atoms with Gasteiger partial charge >= 0.3 is 0 Å². The fourth-order valence-electron chi connectivity index (χ4n) is 5.52. The Balaban J connectivity index is 1.47. The van der Waals surface area contributed by atoms with Crippen molar-refractivity contribution >= 4 is 56.0 Å². The van der Waals surface area contributed by atoms with Gasteiger partial charge in [-0.25, -0.2) is 5.01 Å². The van der Waals surface area contributed by atoms with Gasteiger partial charge in [-0.15, -0.1) is 0 Å². The summed E-state index contributed by atoms with van der Waals surface area (Å²) >= 11 is 6.96. The molecule has 0 aliphatic carbocycles. The minimum absolute atomic E-state index is 0.0698. The van der Waals surface area contributed by atoms with Crippen LogP contribution in [0.1, 0.15) is 32.6 Å². The van der Waals surface area contributed by atoms with Crippen LogP contribution in [0.3, 0.4) is 0 Å². The lowest BCUT2D eigenvalue weighted by Crippen LogP contribution is -2.34. The van der Waals surface area contributed by atoms with Crippen molar-refractivity contribution in [3.63, 3.8) is 0 Å². The Hall–Kier alpha value is -3.58. The average Bonchev–Trinajstić information content (AvgIpc) is 3.55. The lowest BCUT2D eigenvalue weighted by molar-refractivity contribution is 0.106. The zero-order chi connectivity index (χ0) is 27.2. The molecule has 7 rings (SSSR count). The predicted molar refractivity (Wildman–Crippen MR) is 171 cm³/mol. The van der Waals surface area contributed by atoms with Gasteiger partial charge in [-0.1, -0.05) is 155 Å². The second kappa shape index (κ2) is 10.1. The number of carbonyl (C=O) groups is 1. The Labute approximate surface area is 250 Å². The summed E-state index contributed by atoms with van der Waals surface area (Å²) in [6.45, 7) is 0. The third-order valence-corrected chi connectivity index (χ3v) is 11.1. The molecule has 2 aliphatic rings. The van der Waals surface area contributed by atoms with Crippen molar-refractivity contribution < 1.29 is 4.79 Å². The zero-order valence-electron chi connectivity index (χ0n) is 21.3. The summed E-state index contributed by atoms with van der Waals surface area (Å²) < 4.78 is -0.236. The van der Waals surface area contributed by atoms with E-state index in [0.29, 0.717) is 10.6 Å². The molecule has 2 aliphatic heterocycles. The average molecular weight is 620 g/mol. The van der Waals surface area contributed by atoms with Gasteiger partial charge in [-0.05, 0) is 41.0 Å². The van der Waals surface area contributed by atoms with Crippen LogP contribution in [0.5, 0.6) is 0 Å². The molecule has 0 N–H and O–H groups in total. The van der Waals surface area contributed by atoms with Crippen LogP contribution in [-0.4, -0.2) is 10.8 Å². The Kier molecular flexibility index (Phi) is 6.42. The molecule has 0 fully saturated rings. The quantitative estimate of drug-likeness (QED) is 0.184. The second-order valence-electron chi connectivity index (χ2n) is 9.63. The number of nitrogens with zero attached hydrogens (tertiary/aromatic N) is 2. The van der Waals surface area contributed by atoms with Crippen molar-refractivity contribution in [3.8, 4) is 0 Å². The Morgan fingerprint density at radius 3 is 1.77 bits per heavy atom. The molecule has 0 bridgehead atoms. The number of thioether (sulfide) groups is 2. The van der Waals surface area contributed by atoms with E-state index < -0.39 is 8.95 Å². The van der Waals surface area contributed by atoms with Gasteiger partial charge in [-0.2, -0.15) is 5.10 Å². The third kappa shape index (κ3) is 3.97. The van der Waals surface area contributed by atoms with Gasteiger partial charge in [0, 0.05) is 15.6 Å². The standard InChI is InChI=1S/C34H23BrN2OS2/c35-27-20-22-28(23-21-27)37-34(39-32(36-37)31(38)24-12-4-1-5-13-24)30-19-11-10-18-29(30)33(40-34,25-14-6-2-7-15-25)26-16-8-3-9-17-26/h1-23H/t34-/m1/s1. The number of rotatable bonds is 5. The molecule has 0 aromatic heterocycles. The van der Waals surface area contributed by atoms with Crippen molar-refractivity contribution in [2.24, 2.45) is 5.10 Å². The van der Waals surface area contributed by atoms with Crippen molar-refractivity contribution in [2.75, 3.05) is 5.01 Å². The highest BCUT2D eigenvalue weighted by molar-refractivity contribution is 9.10. The highest BCUT2D eigenvalue weighted by atomic mass is 79.9. The molecule has 5 aromatic carbocycles. The molecule has 0 unspecified atom stereocenters. The number of carbonyl (C=O) groups excluding carboxylic acids is 1. The summed E-state index contributed by atoms with van der Waals surface area (Å²) in [5.74, 6) is -0.0698. The molecule has 2 heterocycles. The molecule has 194 valence electrons. The first-order valence-electron chi connectivity index (χ1n) is 13.0. The number of hydrogen-bond donors (Lipinski definition) is 0. The third-order valence-electron chi connectivity index (χ3n) is 7.30. The van der Waals surface area contributed by atoms with E-state index in [1.807, 2.05) is 54.2 Å².